The molecule has 0 spiro atoms. The van der Waals surface area contributed by atoms with Crippen LogP contribution in [0, 0.1) is 6.92 Å². The van der Waals surface area contributed by atoms with Gasteiger partial charge in [-0.2, -0.15) is 11.3 Å². The Morgan fingerprint density at radius 1 is 1.33 bits per heavy atom. The molecule has 3 rings (SSSR count). The molecule has 0 fully saturated rings. The molecule has 3 aromatic heterocycles. The van der Waals surface area contributed by atoms with E-state index in [4.69, 9.17) is 0 Å². The Kier molecular flexibility index (Phi) is 1.86. The van der Waals surface area contributed by atoms with E-state index in [0.717, 1.165) is 11.3 Å². The summed E-state index contributed by atoms with van der Waals surface area (Å²) >= 11 is 1.70. The minimum atomic E-state index is 1.01. The third-order valence-corrected chi connectivity index (χ3v) is 3.12. The van der Waals surface area contributed by atoms with Crippen LogP contribution in [0.15, 0.2) is 41.4 Å². The molecule has 0 N–H and O–H groups in total. The summed E-state index contributed by atoms with van der Waals surface area (Å²) in [6, 6.07) is 6.28. The summed E-state index contributed by atoms with van der Waals surface area (Å²) in [5.74, 6) is 0. The molecule has 0 bridgehead atoms. The maximum atomic E-state index is 4.59. The SMILES string of the molecule is Cc1ccn2cc(-c3ccsc3)nc2c1. The van der Waals surface area contributed by atoms with Crippen LogP contribution in [0.4, 0.5) is 0 Å². The van der Waals surface area contributed by atoms with Crippen molar-refractivity contribution in [3.63, 3.8) is 0 Å². The van der Waals surface area contributed by atoms with Crippen molar-refractivity contribution in [2.24, 2.45) is 0 Å². The highest BCUT2D eigenvalue weighted by Crippen LogP contribution is 2.21. The molecule has 0 saturated heterocycles. The fourth-order valence-corrected chi connectivity index (χ4v) is 2.28. The Hall–Kier alpha value is -1.61. The molecule has 0 aliphatic rings. The molecule has 0 unspecified atom stereocenters. The summed E-state index contributed by atoms with van der Waals surface area (Å²) in [7, 11) is 0. The van der Waals surface area contributed by atoms with Crippen molar-refractivity contribution < 1.29 is 0 Å². The lowest BCUT2D eigenvalue weighted by Crippen LogP contribution is -1.81. The zero-order chi connectivity index (χ0) is 10.3. The largest absolute Gasteiger partial charge is 0.306 e. The van der Waals surface area contributed by atoms with Crippen LogP contribution < -0.4 is 0 Å². The first-order valence-electron chi connectivity index (χ1n) is 4.81. The molecule has 0 aliphatic heterocycles. The van der Waals surface area contributed by atoms with E-state index in [9.17, 15) is 0 Å². The first kappa shape index (κ1) is 8.68. The Bertz CT molecular complexity index is 593. The van der Waals surface area contributed by atoms with Crippen molar-refractivity contribution in [1.82, 2.24) is 9.38 Å². The van der Waals surface area contributed by atoms with E-state index in [1.807, 2.05) is 6.20 Å². The molecule has 0 radical (unpaired) electrons. The van der Waals surface area contributed by atoms with Crippen LogP contribution in [0.3, 0.4) is 0 Å². The molecule has 74 valence electrons. The number of thiophene rings is 1. The number of aromatic nitrogens is 2. The number of hydrogen-bond acceptors (Lipinski definition) is 2. The maximum Gasteiger partial charge on any atom is 0.137 e. The Labute approximate surface area is 91.8 Å². The minimum absolute atomic E-state index is 1.01. The van der Waals surface area contributed by atoms with E-state index >= 15 is 0 Å². The van der Waals surface area contributed by atoms with E-state index in [1.54, 1.807) is 11.3 Å². The number of pyridine rings is 1. The number of imidazole rings is 1. The Balaban J connectivity index is 2.22. The van der Waals surface area contributed by atoms with Crippen molar-refractivity contribution in [1.29, 1.82) is 0 Å². The number of hydrogen-bond donors (Lipinski definition) is 0. The molecule has 0 saturated carbocycles. The maximum absolute atomic E-state index is 4.59. The molecule has 3 heterocycles. The van der Waals surface area contributed by atoms with Crippen molar-refractivity contribution in [3.8, 4) is 11.3 Å². The summed E-state index contributed by atoms with van der Waals surface area (Å²) in [5, 5.41) is 4.19. The van der Waals surface area contributed by atoms with E-state index in [2.05, 4.69) is 51.5 Å². The lowest BCUT2D eigenvalue weighted by atomic mass is 10.3. The van der Waals surface area contributed by atoms with Gasteiger partial charge < -0.3 is 4.40 Å². The van der Waals surface area contributed by atoms with Crippen LogP contribution >= 0.6 is 11.3 Å². The van der Waals surface area contributed by atoms with Gasteiger partial charge in [0.25, 0.3) is 0 Å². The van der Waals surface area contributed by atoms with Gasteiger partial charge in [-0.15, -0.1) is 0 Å². The number of aryl methyl sites for hydroxylation is 1. The highest BCUT2D eigenvalue weighted by molar-refractivity contribution is 7.08. The second-order valence-electron chi connectivity index (χ2n) is 3.61. The van der Waals surface area contributed by atoms with Gasteiger partial charge in [-0.1, -0.05) is 0 Å². The molecule has 2 nitrogen and oxygen atoms in total. The number of fused-ring (bicyclic) bond motifs is 1. The summed E-state index contributed by atoms with van der Waals surface area (Å²) in [6.07, 6.45) is 4.12. The smallest absolute Gasteiger partial charge is 0.137 e. The van der Waals surface area contributed by atoms with Crippen LogP contribution in [0.2, 0.25) is 0 Å². The predicted molar refractivity (Wildman–Crippen MR) is 63.2 cm³/mol. The molecule has 15 heavy (non-hydrogen) atoms. The molecule has 0 aliphatic carbocycles. The second-order valence-corrected chi connectivity index (χ2v) is 4.39. The second kappa shape index (κ2) is 3.21. The van der Waals surface area contributed by atoms with Crippen LogP contribution in [0.1, 0.15) is 5.56 Å². The topological polar surface area (TPSA) is 17.3 Å². The first-order valence-corrected chi connectivity index (χ1v) is 5.75. The molecule has 0 aromatic carbocycles. The van der Waals surface area contributed by atoms with Gasteiger partial charge in [-0.05, 0) is 36.1 Å². The first-order chi connectivity index (χ1) is 7.33. The van der Waals surface area contributed by atoms with Gasteiger partial charge in [-0.3, -0.25) is 0 Å². The monoisotopic (exact) mass is 214 g/mol. The fraction of sp³-hybridized carbons (Fsp3) is 0.0833. The van der Waals surface area contributed by atoms with Gasteiger partial charge in [0.15, 0.2) is 0 Å². The number of nitrogens with zero attached hydrogens (tertiary/aromatic N) is 2. The molecule has 0 amide bonds. The Morgan fingerprint density at radius 2 is 2.27 bits per heavy atom. The predicted octanol–water partition coefficient (Wildman–Crippen LogP) is 3.37. The zero-order valence-corrected chi connectivity index (χ0v) is 9.16. The quantitative estimate of drug-likeness (QED) is 0.607. The average Bonchev–Trinajstić information content (AvgIpc) is 2.84. The zero-order valence-electron chi connectivity index (χ0n) is 8.34. The molecule has 0 atom stereocenters. The Morgan fingerprint density at radius 3 is 3.07 bits per heavy atom. The van der Waals surface area contributed by atoms with E-state index in [0.29, 0.717) is 0 Å². The summed E-state index contributed by atoms with van der Waals surface area (Å²) in [4.78, 5) is 4.59. The number of rotatable bonds is 1. The van der Waals surface area contributed by atoms with E-state index < -0.39 is 0 Å². The van der Waals surface area contributed by atoms with Crippen molar-refractivity contribution in [2.45, 2.75) is 6.92 Å². The van der Waals surface area contributed by atoms with Gasteiger partial charge >= 0.3 is 0 Å². The van der Waals surface area contributed by atoms with E-state index in [-0.39, 0.29) is 0 Å². The van der Waals surface area contributed by atoms with Gasteiger partial charge in [-0.25, -0.2) is 4.98 Å². The molecule has 3 heteroatoms. The highest BCUT2D eigenvalue weighted by Gasteiger charge is 2.03. The summed E-state index contributed by atoms with van der Waals surface area (Å²) in [6.45, 7) is 2.08. The lowest BCUT2D eigenvalue weighted by molar-refractivity contribution is 1.17. The van der Waals surface area contributed by atoms with Gasteiger partial charge in [0.05, 0.1) is 5.69 Å². The third kappa shape index (κ3) is 1.45. The van der Waals surface area contributed by atoms with Gasteiger partial charge in [0.2, 0.25) is 0 Å². The molecular weight excluding hydrogens is 204 g/mol. The normalized spacial score (nSPS) is 11.0. The molecular formula is C12H10N2S. The van der Waals surface area contributed by atoms with E-state index in [1.165, 1.54) is 11.1 Å². The van der Waals surface area contributed by atoms with Crippen LogP contribution in [-0.2, 0) is 0 Å². The third-order valence-electron chi connectivity index (χ3n) is 2.43. The van der Waals surface area contributed by atoms with Gasteiger partial charge in [0.1, 0.15) is 5.65 Å². The van der Waals surface area contributed by atoms with Crippen molar-refractivity contribution in [2.75, 3.05) is 0 Å². The lowest BCUT2D eigenvalue weighted by Gasteiger charge is -1.92. The minimum Gasteiger partial charge on any atom is -0.306 e. The highest BCUT2D eigenvalue weighted by atomic mass is 32.1. The standard InChI is InChI=1S/C12H10N2S/c1-9-2-4-14-7-11(13-12(14)6-9)10-3-5-15-8-10/h2-8H,1H3. The average molecular weight is 214 g/mol. The summed E-state index contributed by atoms with van der Waals surface area (Å²) in [5.41, 5.74) is 4.49. The fourth-order valence-electron chi connectivity index (χ4n) is 1.63. The van der Waals surface area contributed by atoms with Crippen molar-refractivity contribution >= 4 is 17.0 Å². The van der Waals surface area contributed by atoms with Crippen LogP contribution in [0.5, 0.6) is 0 Å². The molecule has 3 aromatic rings. The summed E-state index contributed by atoms with van der Waals surface area (Å²) < 4.78 is 2.06. The van der Waals surface area contributed by atoms with Crippen molar-refractivity contribution in [3.05, 3.63) is 46.9 Å². The van der Waals surface area contributed by atoms with Gasteiger partial charge in [0, 0.05) is 23.3 Å². The van der Waals surface area contributed by atoms with Crippen LogP contribution in [0.25, 0.3) is 16.9 Å². The van der Waals surface area contributed by atoms with Crippen LogP contribution in [-0.4, -0.2) is 9.38 Å².